The molecular weight excluding hydrogens is 167 g/mol. The lowest BCUT2D eigenvalue weighted by molar-refractivity contribution is 0.169. The molecule has 1 aliphatic rings. The first-order valence-corrected chi connectivity index (χ1v) is 4.62. The zero-order valence-electron chi connectivity index (χ0n) is 7.57. The summed E-state index contributed by atoms with van der Waals surface area (Å²) in [5.74, 6) is 0.520. The van der Waals surface area contributed by atoms with E-state index in [1.807, 2.05) is 6.07 Å². The second-order valence-electron chi connectivity index (χ2n) is 3.80. The van der Waals surface area contributed by atoms with E-state index in [1.165, 1.54) is 6.07 Å². The molecule has 1 aliphatic carbocycles. The highest BCUT2D eigenvalue weighted by Crippen LogP contribution is 2.49. The van der Waals surface area contributed by atoms with E-state index in [2.05, 4.69) is 0 Å². The van der Waals surface area contributed by atoms with Gasteiger partial charge in [-0.05, 0) is 42.9 Å². The molecule has 0 aliphatic heterocycles. The Labute approximate surface area is 77.2 Å². The highest BCUT2D eigenvalue weighted by atomic mass is 19.1. The fourth-order valence-electron chi connectivity index (χ4n) is 1.87. The Bertz CT molecular complexity index is 309. The summed E-state index contributed by atoms with van der Waals surface area (Å²) in [6.45, 7) is 1.80. The Hall–Kier alpha value is -0.890. The molecule has 0 saturated heterocycles. The molecule has 1 fully saturated rings. The van der Waals surface area contributed by atoms with Gasteiger partial charge >= 0.3 is 0 Å². The van der Waals surface area contributed by atoms with Crippen molar-refractivity contribution in [2.75, 3.05) is 0 Å². The molecule has 2 rings (SSSR count). The minimum absolute atomic E-state index is 0.186. The van der Waals surface area contributed by atoms with Gasteiger partial charge in [-0.25, -0.2) is 4.39 Å². The van der Waals surface area contributed by atoms with Crippen LogP contribution in [-0.4, -0.2) is 11.2 Å². The van der Waals surface area contributed by atoms with Gasteiger partial charge in [0.2, 0.25) is 0 Å². The lowest BCUT2D eigenvalue weighted by Crippen LogP contribution is -2.03. The summed E-state index contributed by atoms with van der Waals surface area (Å²) in [5.41, 5.74) is 1.02. The Morgan fingerprint density at radius 3 is 2.85 bits per heavy atom. The first kappa shape index (κ1) is 8.70. The summed E-state index contributed by atoms with van der Waals surface area (Å²) in [5, 5.41) is 9.30. The van der Waals surface area contributed by atoms with Crippen molar-refractivity contribution in [1.82, 2.24) is 0 Å². The van der Waals surface area contributed by atoms with Crippen LogP contribution in [0.1, 0.15) is 24.8 Å². The van der Waals surface area contributed by atoms with Crippen LogP contribution in [0.2, 0.25) is 0 Å². The highest BCUT2D eigenvalue weighted by Gasteiger charge is 2.41. The molecular formula is C11H13FO. The Balaban J connectivity index is 2.12. The van der Waals surface area contributed by atoms with Crippen LogP contribution < -0.4 is 0 Å². The van der Waals surface area contributed by atoms with Crippen molar-refractivity contribution in [3.63, 3.8) is 0 Å². The van der Waals surface area contributed by atoms with E-state index < -0.39 is 0 Å². The van der Waals surface area contributed by atoms with E-state index in [0.717, 1.165) is 12.0 Å². The van der Waals surface area contributed by atoms with Crippen molar-refractivity contribution >= 4 is 0 Å². The van der Waals surface area contributed by atoms with Crippen LogP contribution >= 0.6 is 0 Å². The van der Waals surface area contributed by atoms with Gasteiger partial charge in [0, 0.05) is 0 Å². The number of benzene rings is 1. The molecule has 3 unspecified atom stereocenters. The van der Waals surface area contributed by atoms with Gasteiger partial charge in [-0.1, -0.05) is 12.1 Å². The van der Waals surface area contributed by atoms with Crippen LogP contribution in [0, 0.1) is 11.7 Å². The molecule has 70 valence electrons. The maximum Gasteiger partial charge on any atom is 0.123 e. The van der Waals surface area contributed by atoms with Gasteiger partial charge in [0.1, 0.15) is 5.82 Å². The van der Waals surface area contributed by atoms with E-state index in [1.54, 1.807) is 19.1 Å². The minimum Gasteiger partial charge on any atom is -0.393 e. The quantitative estimate of drug-likeness (QED) is 0.740. The lowest BCUT2D eigenvalue weighted by Gasteiger charge is -2.02. The summed E-state index contributed by atoms with van der Waals surface area (Å²) >= 11 is 0. The number of aliphatic hydroxyl groups is 1. The van der Waals surface area contributed by atoms with E-state index in [0.29, 0.717) is 11.8 Å². The van der Waals surface area contributed by atoms with E-state index in [9.17, 15) is 9.50 Å². The molecule has 13 heavy (non-hydrogen) atoms. The third-order valence-electron chi connectivity index (χ3n) is 2.74. The van der Waals surface area contributed by atoms with Crippen molar-refractivity contribution in [3.05, 3.63) is 35.6 Å². The lowest BCUT2D eigenvalue weighted by atomic mass is 10.1. The largest absolute Gasteiger partial charge is 0.393 e. The average molecular weight is 180 g/mol. The minimum atomic E-state index is -0.270. The van der Waals surface area contributed by atoms with Gasteiger partial charge in [0.05, 0.1) is 6.10 Å². The molecule has 0 radical (unpaired) electrons. The monoisotopic (exact) mass is 180 g/mol. The van der Waals surface area contributed by atoms with Crippen LogP contribution in [-0.2, 0) is 0 Å². The predicted octanol–water partition coefficient (Wildman–Crippen LogP) is 2.31. The number of hydrogen-bond acceptors (Lipinski definition) is 1. The summed E-state index contributed by atoms with van der Waals surface area (Å²) < 4.78 is 12.8. The molecule has 3 atom stereocenters. The number of aliphatic hydroxyl groups excluding tert-OH is 1. The van der Waals surface area contributed by atoms with Gasteiger partial charge in [-0.3, -0.25) is 0 Å². The highest BCUT2D eigenvalue weighted by molar-refractivity contribution is 5.26. The molecule has 1 N–H and O–H groups in total. The number of halogens is 1. The third kappa shape index (κ3) is 1.73. The SMILES string of the molecule is CC(O)C1CC1c1cccc(F)c1. The fourth-order valence-corrected chi connectivity index (χ4v) is 1.87. The van der Waals surface area contributed by atoms with Gasteiger partial charge in [-0.15, -0.1) is 0 Å². The van der Waals surface area contributed by atoms with E-state index >= 15 is 0 Å². The first-order chi connectivity index (χ1) is 6.18. The number of hydrogen-bond donors (Lipinski definition) is 1. The second kappa shape index (κ2) is 3.11. The normalized spacial score (nSPS) is 28.5. The topological polar surface area (TPSA) is 20.2 Å². The van der Waals surface area contributed by atoms with Crippen molar-refractivity contribution in [3.8, 4) is 0 Å². The maximum absolute atomic E-state index is 12.8. The van der Waals surface area contributed by atoms with Crippen molar-refractivity contribution < 1.29 is 9.50 Å². The van der Waals surface area contributed by atoms with Gasteiger partial charge in [0.25, 0.3) is 0 Å². The van der Waals surface area contributed by atoms with Gasteiger partial charge in [-0.2, -0.15) is 0 Å². The van der Waals surface area contributed by atoms with E-state index in [4.69, 9.17) is 0 Å². The predicted molar refractivity (Wildman–Crippen MR) is 48.9 cm³/mol. The fraction of sp³-hybridized carbons (Fsp3) is 0.455. The summed E-state index contributed by atoms with van der Waals surface area (Å²) in [4.78, 5) is 0. The molecule has 1 aromatic rings. The van der Waals surface area contributed by atoms with Crippen LogP contribution in [0.25, 0.3) is 0 Å². The maximum atomic E-state index is 12.8. The molecule has 0 amide bonds. The Morgan fingerprint density at radius 1 is 1.54 bits per heavy atom. The number of rotatable bonds is 2. The molecule has 1 nitrogen and oxygen atoms in total. The molecule has 1 saturated carbocycles. The van der Waals surface area contributed by atoms with E-state index in [-0.39, 0.29) is 11.9 Å². The van der Waals surface area contributed by atoms with Gasteiger partial charge in [0.15, 0.2) is 0 Å². The molecule has 0 spiro atoms. The average Bonchev–Trinajstić information content (AvgIpc) is 2.82. The zero-order chi connectivity index (χ0) is 9.42. The summed E-state index contributed by atoms with van der Waals surface area (Å²) in [6.07, 6.45) is 0.717. The van der Waals surface area contributed by atoms with Crippen LogP contribution in [0.3, 0.4) is 0 Å². The molecule has 2 heteroatoms. The Morgan fingerprint density at radius 2 is 2.31 bits per heavy atom. The second-order valence-corrected chi connectivity index (χ2v) is 3.80. The van der Waals surface area contributed by atoms with Crippen molar-refractivity contribution in [2.24, 2.45) is 5.92 Å². The van der Waals surface area contributed by atoms with Crippen LogP contribution in [0.15, 0.2) is 24.3 Å². The van der Waals surface area contributed by atoms with Crippen LogP contribution in [0.4, 0.5) is 4.39 Å². The molecule has 0 aromatic heterocycles. The standard InChI is InChI=1S/C11H13FO/c1-7(13)10-6-11(10)8-3-2-4-9(12)5-8/h2-5,7,10-11,13H,6H2,1H3. The third-order valence-corrected chi connectivity index (χ3v) is 2.74. The van der Waals surface area contributed by atoms with Crippen LogP contribution in [0.5, 0.6) is 0 Å². The van der Waals surface area contributed by atoms with Crippen molar-refractivity contribution in [1.29, 1.82) is 0 Å². The smallest absolute Gasteiger partial charge is 0.123 e. The first-order valence-electron chi connectivity index (χ1n) is 4.62. The molecule has 0 heterocycles. The zero-order valence-corrected chi connectivity index (χ0v) is 7.57. The summed E-state index contributed by atoms with van der Waals surface area (Å²) in [6, 6.07) is 6.66. The molecule has 1 aromatic carbocycles. The van der Waals surface area contributed by atoms with Crippen molar-refractivity contribution in [2.45, 2.75) is 25.4 Å². The van der Waals surface area contributed by atoms with Gasteiger partial charge < -0.3 is 5.11 Å². The molecule has 0 bridgehead atoms. The summed E-state index contributed by atoms with van der Waals surface area (Å²) in [7, 11) is 0. The Kier molecular flexibility index (Phi) is 2.08.